The Kier molecular flexibility index (Phi) is 7.04. The lowest BCUT2D eigenvalue weighted by Crippen LogP contribution is -2.49. The van der Waals surface area contributed by atoms with E-state index in [4.69, 9.17) is 14.5 Å². The normalized spacial score (nSPS) is 20.8. The first kappa shape index (κ1) is 25.1. The van der Waals surface area contributed by atoms with Crippen molar-refractivity contribution in [1.82, 2.24) is 9.29 Å². The molecule has 3 heterocycles. The van der Waals surface area contributed by atoms with Crippen LogP contribution < -0.4 is 9.64 Å². The molecule has 1 amide bonds. The van der Waals surface area contributed by atoms with Gasteiger partial charge in [0.1, 0.15) is 11.8 Å². The van der Waals surface area contributed by atoms with E-state index in [2.05, 4.69) is 13.0 Å². The van der Waals surface area contributed by atoms with Crippen LogP contribution >= 0.6 is 11.3 Å². The van der Waals surface area contributed by atoms with Crippen LogP contribution in [0.15, 0.2) is 41.3 Å². The standard InChI is InChI=1S/C26H31N3O5S2/c1-17-14-22-24(15-18(17)2)35-26(27-22)28(16-20-6-5-13-34-20)25(30)23-7-4-12-29(23)36(31,32)21-10-8-19(33-3)9-11-21/h8-11,14-15,20,23H,4-7,12-13,16H2,1-3H3. The molecule has 36 heavy (non-hydrogen) atoms. The van der Waals surface area contributed by atoms with Crippen molar-refractivity contribution in [2.45, 2.75) is 56.6 Å². The number of sulfonamides is 1. The molecule has 0 bridgehead atoms. The Hall–Kier alpha value is -2.53. The van der Waals surface area contributed by atoms with Crippen molar-refractivity contribution in [3.05, 3.63) is 47.5 Å². The van der Waals surface area contributed by atoms with E-state index in [-0.39, 0.29) is 16.9 Å². The van der Waals surface area contributed by atoms with Crippen molar-refractivity contribution >= 4 is 42.6 Å². The third kappa shape index (κ3) is 4.74. The van der Waals surface area contributed by atoms with E-state index in [0.29, 0.717) is 43.4 Å². The van der Waals surface area contributed by atoms with Gasteiger partial charge in [0, 0.05) is 13.2 Å². The van der Waals surface area contributed by atoms with Gasteiger partial charge in [0.15, 0.2) is 5.13 Å². The van der Waals surface area contributed by atoms with E-state index in [9.17, 15) is 13.2 Å². The minimum atomic E-state index is -3.85. The highest BCUT2D eigenvalue weighted by atomic mass is 32.2. The quantitative estimate of drug-likeness (QED) is 0.454. The van der Waals surface area contributed by atoms with E-state index >= 15 is 0 Å². The van der Waals surface area contributed by atoms with Crippen molar-refractivity contribution in [3.8, 4) is 5.75 Å². The van der Waals surface area contributed by atoms with Crippen LogP contribution in [-0.2, 0) is 19.6 Å². The number of fused-ring (bicyclic) bond motifs is 1. The van der Waals surface area contributed by atoms with E-state index in [0.717, 1.165) is 28.6 Å². The molecular formula is C26H31N3O5S2. The first-order valence-electron chi connectivity index (χ1n) is 12.2. The number of aromatic nitrogens is 1. The number of methoxy groups -OCH3 is 1. The smallest absolute Gasteiger partial charge is 0.247 e. The number of hydrogen-bond acceptors (Lipinski definition) is 7. The highest BCUT2D eigenvalue weighted by Gasteiger charge is 2.42. The Morgan fingerprint density at radius 3 is 2.61 bits per heavy atom. The maximum Gasteiger partial charge on any atom is 0.247 e. The monoisotopic (exact) mass is 529 g/mol. The number of carbonyl (C=O) groups is 1. The molecule has 8 nitrogen and oxygen atoms in total. The summed E-state index contributed by atoms with van der Waals surface area (Å²) in [6, 6.07) is 9.64. The SMILES string of the molecule is COc1ccc(S(=O)(=O)N2CCCC2C(=O)N(CC2CCCO2)c2nc3cc(C)c(C)cc3s2)cc1. The summed E-state index contributed by atoms with van der Waals surface area (Å²) >= 11 is 1.46. The Bertz CT molecular complexity index is 1330. The molecule has 10 heteroatoms. The van der Waals surface area contributed by atoms with Crippen LogP contribution in [0.2, 0.25) is 0 Å². The van der Waals surface area contributed by atoms with Crippen molar-refractivity contribution in [3.63, 3.8) is 0 Å². The number of carbonyl (C=O) groups excluding carboxylic acids is 1. The Labute approximate surface area is 215 Å². The van der Waals surface area contributed by atoms with Crippen LogP contribution in [0.1, 0.15) is 36.8 Å². The average Bonchev–Trinajstić information content (AvgIpc) is 3.63. The Morgan fingerprint density at radius 1 is 1.17 bits per heavy atom. The Morgan fingerprint density at radius 2 is 1.92 bits per heavy atom. The van der Waals surface area contributed by atoms with Gasteiger partial charge in [-0.15, -0.1) is 0 Å². The summed E-state index contributed by atoms with van der Waals surface area (Å²) in [7, 11) is -2.32. The zero-order chi connectivity index (χ0) is 25.4. The molecule has 2 saturated heterocycles. The van der Waals surface area contributed by atoms with Gasteiger partial charge in [0.25, 0.3) is 0 Å². The molecule has 2 aliphatic rings. The number of nitrogens with zero attached hydrogens (tertiary/aromatic N) is 3. The maximum atomic E-state index is 14.0. The largest absolute Gasteiger partial charge is 0.497 e. The van der Waals surface area contributed by atoms with Crippen LogP contribution in [0, 0.1) is 13.8 Å². The van der Waals surface area contributed by atoms with Crippen molar-refractivity contribution in [2.24, 2.45) is 0 Å². The fourth-order valence-electron chi connectivity index (χ4n) is 4.88. The molecule has 5 rings (SSSR count). The zero-order valence-electron chi connectivity index (χ0n) is 20.8. The minimum absolute atomic E-state index is 0.0857. The van der Waals surface area contributed by atoms with Gasteiger partial charge in [-0.05, 0) is 87.1 Å². The fraction of sp³-hybridized carbons (Fsp3) is 0.462. The maximum absolute atomic E-state index is 14.0. The summed E-state index contributed by atoms with van der Waals surface area (Å²) in [6.07, 6.45) is 2.83. The fourth-order valence-corrected chi connectivity index (χ4v) is 7.59. The number of aryl methyl sites for hydroxylation is 2. The second kappa shape index (κ2) is 10.1. The Balaban J connectivity index is 1.48. The average molecular weight is 530 g/mol. The van der Waals surface area contributed by atoms with E-state index < -0.39 is 16.1 Å². The van der Waals surface area contributed by atoms with Crippen LogP contribution in [0.5, 0.6) is 5.75 Å². The molecule has 0 saturated carbocycles. The molecule has 1 aromatic heterocycles. The predicted octanol–water partition coefficient (Wildman–Crippen LogP) is 4.29. The molecule has 2 atom stereocenters. The minimum Gasteiger partial charge on any atom is -0.497 e. The summed E-state index contributed by atoms with van der Waals surface area (Å²) in [5.74, 6) is 0.333. The van der Waals surface area contributed by atoms with Crippen LogP contribution in [0.25, 0.3) is 10.2 Å². The van der Waals surface area contributed by atoms with Gasteiger partial charge in [-0.1, -0.05) is 11.3 Å². The van der Waals surface area contributed by atoms with Crippen LogP contribution in [-0.4, -0.2) is 62.6 Å². The number of benzene rings is 2. The van der Waals surface area contributed by atoms with E-state index in [1.807, 2.05) is 13.0 Å². The van der Waals surface area contributed by atoms with Gasteiger partial charge in [0.05, 0.1) is 34.9 Å². The summed E-state index contributed by atoms with van der Waals surface area (Å²) in [6.45, 7) is 5.44. The molecule has 3 aromatic rings. The number of rotatable bonds is 7. The molecule has 0 aliphatic carbocycles. The summed E-state index contributed by atoms with van der Waals surface area (Å²) < 4.78 is 40.5. The number of anilines is 1. The molecule has 2 aromatic carbocycles. The second-order valence-electron chi connectivity index (χ2n) is 9.43. The lowest BCUT2D eigenvalue weighted by atomic mass is 10.1. The molecule has 2 fully saturated rings. The van der Waals surface area contributed by atoms with Crippen molar-refractivity contribution in [2.75, 3.05) is 31.7 Å². The lowest BCUT2D eigenvalue weighted by Gasteiger charge is -2.29. The van der Waals surface area contributed by atoms with Gasteiger partial charge in [-0.2, -0.15) is 4.31 Å². The number of ether oxygens (including phenoxy) is 2. The van der Waals surface area contributed by atoms with Gasteiger partial charge >= 0.3 is 0 Å². The van der Waals surface area contributed by atoms with Gasteiger partial charge in [-0.3, -0.25) is 9.69 Å². The van der Waals surface area contributed by atoms with Gasteiger partial charge in [0.2, 0.25) is 15.9 Å². The predicted molar refractivity (Wildman–Crippen MR) is 140 cm³/mol. The molecule has 0 N–H and O–H groups in total. The molecule has 2 unspecified atom stereocenters. The van der Waals surface area contributed by atoms with Crippen LogP contribution in [0.3, 0.4) is 0 Å². The third-order valence-corrected chi connectivity index (χ3v) is 10.0. The van der Waals surface area contributed by atoms with Crippen molar-refractivity contribution < 1.29 is 22.7 Å². The lowest BCUT2D eigenvalue weighted by molar-refractivity contribution is -0.122. The van der Waals surface area contributed by atoms with E-state index in [1.165, 1.54) is 40.4 Å². The highest BCUT2D eigenvalue weighted by molar-refractivity contribution is 7.89. The number of thiazole rings is 1. The topological polar surface area (TPSA) is 89.0 Å². The third-order valence-electron chi connectivity index (χ3n) is 7.05. The first-order chi connectivity index (χ1) is 17.3. The van der Waals surface area contributed by atoms with Gasteiger partial charge in [-0.25, -0.2) is 13.4 Å². The molecule has 2 aliphatic heterocycles. The molecular weight excluding hydrogens is 498 g/mol. The van der Waals surface area contributed by atoms with Gasteiger partial charge < -0.3 is 9.47 Å². The van der Waals surface area contributed by atoms with Crippen molar-refractivity contribution in [1.29, 1.82) is 0 Å². The second-order valence-corrected chi connectivity index (χ2v) is 12.3. The summed E-state index contributed by atoms with van der Waals surface area (Å²) in [4.78, 5) is 20.7. The summed E-state index contributed by atoms with van der Waals surface area (Å²) in [5.41, 5.74) is 3.16. The first-order valence-corrected chi connectivity index (χ1v) is 14.5. The number of amides is 1. The van der Waals surface area contributed by atoms with Crippen LogP contribution in [0.4, 0.5) is 5.13 Å². The molecule has 192 valence electrons. The number of hydrogen-bond donors (Lipinski definition) is 0. The molecule has 0 spiro atoms. The summed E-state index contributed by atoms with van der Waals surface area (Å²) in [5, 5.41) is 0.587. The molecule has 0 radical (unpaired) electrons. The zero-order valence-corrected chi connectivity index (χ0v) is 22.4. The van der Waals surface area contributed by atoms with E-state index in [1.54, 1.807) is 17.0 Å². The highest BCUT2D eigenvalue weighted by Crippen LogP contribution is 2.34.